The van der Waals surface area contributed by atoms with Gasteiger partial charge >= 0.3 is 0 Å². The van der Waals surface area contributed by atoms with E-state index in [1.165, 1.54) is 6.20 Å². The molecular formula is C13H14BrFN2S. The van der Waals surface area contributed by atoms with Crippen molar-refractivity contribution in [1.29, 1.82) is 0 Å². The number of hydrogen-bond donors (Lipinski definition) is 1. The molecule has 0 amide bonds. The number of aromatic nitrogens is 1. The molecule has 5 heteroatoms. The van der Waals surface area contributed by atoms with Crippen LogP contribution in [0.3, 0.4) is 0 Å². The summed E-state index contributed by atoms with van der Waals surface area (Å²) in [6, 6.07) is 5.63. The van der Waals surface area contributed by atoms with E-state index in [1.807, 2.05) is 12.1 Å². The summed E-state index contributed by atoms with van der Waals surface area (Å²) in [5.74, 6) is -0.268. The first-order valence-electron chi connectivity index (χ1n) is 5.80. The molecule has 0 saturated heterocycles. The minimum absolute atomic E-state index is 0.107. The third-order valence-corrected chi connectivity index (χ3v) is 4.28. The summed E-state index contributed by atoms with van der Waals surface area (Å²) >= 11 is 5.06. The van der Waals surface area contributed by atoms with Crippen molar-refractivity contribution in [2.45, 2.75) is 19.4 Å². The Bertz CT molecular complexity index is 515. The summed E-state index contributed by atoms with van der Waals surface area (Å²) < 4.78 is 14.9. The van der Waals surface area contributed by atoms with Crippen LogP contribution in [-0.4, -0.2) is 11.5 Å². The van der Waals surface area contributed by atoms with Gasteiger partial charge in [-0.15, -0.1) is 11.3 Å². The molecule has 1 unspecified atom stereocenters. The number of nitrogens with zero attached hydrogens (tertiary/aromatic N) is 1. The molecule has 2 aromatic heterocycles. The van der Waals surface area contributed by atoms with Gasteiger partial charge in [0.1, 0.15) is 5.82 Å². The van der Waals surface area contributed by atoms with Crippen molar-refractivity contribution in [1.82, 2.24) is 10.3 Å². The molecule has 0 fully saturated rings. The highest BCUT2D eigenvalue weighted by Gasteiger charge is 2.18. The Morgan fingerprint density at radius 1 is 1.44 bits per heavy atom. The quantitative estimate of drug-likeness (QED) is 0.892. The van der Waals surface area contributed by atoms with Gasteiger partial charge < -0.3 is 5.32 Å². The topological polar surface area (TPSA) is 24.9 Å². The fourth-order valence-electron chi connectivity index (χ4n) is 1.76. The van der Waals surface area contributed by atoms with E-state index in [-0.39, 0.29) is 11.9 Å². The van der Waals surface area contributed by atoms with Gasteiger partial charge in [-0.1, -0.05) is 6.92 Å². The zero-order valence-corrected chi connectivity index (χ0v) is 12.4. The summed E-state index contributed by atoms with van der Waals surface area (Å²) in [4.78, 5) is 4.90. The van der Waals surface area contributed by atoms with E-state index >= 15 is 0 Å². The van der Waals surface area contributed by atoms with Crippen molar-refractivity contribution in [3.05, 3.63) is 50.6 Å². The fourth-order valence-corrected chi connectivity index (χ4v) is 3.27. The van der Waals surface area contributed by atoms with Crippen LogP contribution in [0.25, 0.3) is 0 Å². The van der Waals surface area contributed by atoms with E-state index < -0.39 is 0 Å². The van der Waals surface area contributed by atoms with Gasteiger partial charge in [0.25, 0.3) is 0 Å². The van der Waals surface area contributed by atoms with Crippen LogP contribution in [0, 0.1) is 5.82 Å². The largest absolute Gasteiger partial charge is 0.306 e. The van der Waals surface area contributed by atoms with Crippen LogP contribution in [0.1, 0.15) is 29.8 Å². The Morgan fingerprint density at radius 3 is 2.89 bits per heavy atom. The third-order valence-electron chi connectivity index (χ3n) is 2.59. The molecule has 0 aliphatic carbocycles. The highest BCUT2D eigenvalue weighted by molar-refractivity contribution is 9.11. The van der Waals surface area contributed by atoms with Crippen LogP contribution in [0.4, 0.5) is 4.39 Å². The first-order chi connectivity index (χ1) is 8.72. The Kier molecular flexibility index (Phi) is 4.86. The highest BCUT2D eigenvalue weighted by Crippen LogP contribution is 2.32. The molecular weight excluding hydrogens is 315 g/mol. The number of thiophene rings is 1. The van der Waals surface area contributed by atoms with Gasteiger partial charge in [0, 0.05) is 16.6 Å². The second-order valence-corrected chi connectivity index (χ2v) is 6.42. The maximum absolute atomic E-state index is 13.8. The van der Waals surface area contributed by atoms with Crippen molar-refractivity contribution in [2.24, 2.45) is 0 Å². The predicted molar refractivity (Wildman–Crippen MR) is 76.4 cm³/mol. The van der Waals surface area contributed by atoms with Gasteiger partial charge in [0.2, 0.25) is 0 Å². The van der Waals surface area contributed by atoms with Gasteiger partial charge in [-0.05, 0) is 47.1 Å². The van der Waals surface area contributed by atoms with Gasteiger partial charge in [0.05, 0.1) is 16.0 Å². The molecule has 0 aromatic carbocycles. The van der Waals surface area contributed by atoms with E-state index in [9.17, 15) is 4.39 Å². The first kappa shape index (κ1) is 13.6. The normalized spacial score (nSPS) is 12.6. The van der Waals surface area contributed by atoms with E-state index in [4.69, 9.17) is 0 Å². The van der Waals surface area contributed by atoms with Crippen LogP contribution < -0.4 is 5.32 Å². The lowest BCUT2D eigenvalue weighted by atomic mass is 10.1. The number of pyridine rings is 1. The van der Waals surface area contributed by atoms with Crippen LogP contribution in [-0.2, 0) is 0 Å². The van der Waals surface area contributed by atoms with Crippen molar-refractivity contribution < 1.29 is 4.39 Å². The summed E-state index contributed by atoms with van der Waals surface area (Å²) in [5.41, 5.74) is 0.646. The summed E-state index contributed by atoms with van der Waals surface area (Å²) in [7, 11) is 0. The summed E-state index contributed by atoms with van der Waals surface area (Å²) in [6.45, 7) is 2.94. The molecule has 2 nitrogen and oxygen atoms in total. The van der Waals surface area contributed by atoms with Crippen molar-refractivity contribution in [3.8, 4) is 0 Å². The molecule has 2 heterocycles. The lowest BCUT2D eigenvalue weighted by molar-refractivity contribution is 0.547. The highest BCUT2D eigenvalue weighted by atomic mass is 79.9. The SMILES string of the molecule is CCCNC(c1ccc(Br)s1)c1ccncc1F. The first-order valence-corrected chi connectivity index (χ1v) is 7.41. The van der Waals surface area contributed by atoms with E-state index in [0.717, 1.165) is 21.6 Å². The standard InChI is InChI=1S/C13H14BrFN2S/c1-2-6-17-13(11-3-4-12(14)18-11)9-5-7-16-8-10(9)15/h3-5,7-8,13,17H,2,6H2,1H3. The second kappa shape index (κ2) is 6.41. The van der Waals surface area contributed by atoms with Gasteiger partial charge in [0.15, 0.2) is 0 Å². The Hall–Kier alpha value is -0.780. The van der Waals surface area contributed by atoms with Gasteiger partial charge in [-0.25, -0.2) is 4.39 Å². The Morgan fingerprint density at radius 2 is 2.28 bits per heavy atom. The van der Waals surface area contributed by atoms with Gasteiger partial charge in [-0.3, -0.25) is 4.98 Å². The van der Waals surface area contributed by atoms with Crippen LogP contribution >= 0.6 is 27.3 Å². The summed E-state index contributed by atoms with van der Waals surface area (Å²) in [6.07, 6.45) is 3.90. The van der Waals surface area contributed by atoms with Crippen molar-refractivity contribution >= 4 is 27.3 Å². The van der Waals surface area contributed by atoms with E-state index in [1.54, 1.807) is 23.6 Å². The third kappa shape index (κ3) is 3.16. The molecule has 1 atom stereocenters. The number of hydrogen-bond acceptors (Lipinski definition) is 3. The summed E-state index contributed by atoms with van der Waals surface area (Å²) in [5, 5.41) is 3.38. The molecule has 2 aromatic rings. The number of rotatable bonds is 5. The molecule has 0 spiro atoms. The van der Waals surface area contributed by atoms with Crippen molar-refractivity contribution in [2.75, 3.05) is 6.54 Å². The zero-order chi connectivity index (χ0) is 13.0. The molecule has 0 radical (unpaired) electrons. The fraction of sp³-hybridized carbons (Fsp3) is 0.308. The average molecular weight is 329 g/mol. The molecule has 1 N–H and O–H groups in total. The molecule has 96 valence electrons. The molecule has 0 saturated carbocycles. The molecule has 0 bridgehead atoms. The van der Waals surface area contributed by atoms with Crippen LogP contribution in [0.2, 0.25) is 0 Å². The Balaban J connectivity index is 2.33. The maximum Gasteiger partial charge on any atom is 0.146 e. The van der Waals surface area contributed by atoms with Gasteiger partial charge in [-0.2, -0.15) is 0 Å². The van der Waals surface area contributed by atoms with Crippen molar-refractivity contribution in [3.63, 3.8) is 0 Å². The average Bonchev–Trinajstić information content (AvgIpc) is 2.78. The molecule has 2 rings (SSSR count). The lowest BCUT2D eigenvalue weighted by Gasteiger charge is -2.18. The van der Waals surface area contributed by atoms with E-state index in [0.29, 0.717) is 5.56 Å². The predicted octanol–water partition coefficient (Wildman–Crippen LogP) is 4.13. The maximum atomic E-state index is 13.8. The van der Waals surface area contributed by atoms with Crippen LogP contribution in [0.15, 0.2) is 34.4 Å². The number of halogens is 2. The minimum atomic E-state index is -0.268. The second-order valence-electron chi connectivity index (χ2n) is 3.93. The molecule has 0 aliphatic rings. The smallest absolute Gasteiger partial charge is 0.146 e. The van der Waals surface area contributed by atoms with E-state index in [2.05, 4.69) is 33.2 Å². The monoisotopic (exact) mass is 328 g/mol. The van der Waals surface area contributed by atoms with Crippen LogP contribution in [0.5, 0.6) is 0 Å². The lowest BCUT2D eigenvalue weighted by Crippen LogP contribution is -2.23. The zero-order valence-electron chi connectivity index (χ0n) is 9.99. The Labute approximate surface area is 118 Å². The minimum Gasteiger partial charge on any atom is -0.306 e. The molecule has 0 aliphatic heterocycles. The molecule has 18 heavy (non-hydrogen) atoms. The number of nitrogens with one attached hydrogen (secondary N) is 1.